The summed E-state index contributed by atoms with van der Waals surface area (Å²) >= 11 is 0. The van der Waals surface area contributed by atoms with Crippen LogP contribution in [0.15, 0.2) is 30.3 Å². The Morgan fingerprint density at radius 2 is 2.10 bits per heavy atom. The summed E-state index contributed by atoms with van der Waals surface area (Å²) < 4.78 is 0. The third-order valence-corrected chi connectivity index (χ3v) is 3.23. The zero-order chi connectivity index (χ0) is 14.5. The van der Waals surface area contributed by atoms with Gasteiger partial charge >= 0.3 is 5.97 Å². The molecule has 106 valence electrons. The van der Waals surface area contributed by atoms with E-state index in [-0.39, 0.29) is 0 Å². The number of anilines is 1. The Morgan fingerprint density at radius 3 is 2.80 bits per heavy atom. The van der Waals surface area contributed by atoms with Crippen LogP contribution in [0.3, 0.4) is 0 Å². The third-order valence-electron chi connectivity index (χ3n) is 3.23. The van der Waals surface area contributed by atoms with E-state index in [0.717, 1.165) is 18.8 Å². The molecule has 2 N–H and O–H groups in total. The van der Waals surface area contributed by atoms with Gasteiger partial charge in [0.05, 0.1) is 11.1 Å². The van der Waals surface area contributed by atoms with Gasteiger partial charge in [-0.05, 0) is 43.0 Å². The van der Waals surface area contributed by atoms with E-state index < -0.39 is 5.97 Å². The highest BCUT2D eigenvalue weighted by molar-refractivity contribution is 6.02. The summed E-state index contributed by atoms with van der Waals surface area (Å²) in [5, 5.41) is 13.1. The molecule has 0 amide bonds. The Kier molecular flexibility index (Phi) is 4.56. The van der Waals surface area contributed by atoms with Crippen molar-refractivity contribution in [2.24, 2.45) is 5.92 Å². The van der Waals surface area contributed by atoms with E-state index in [4.69, 9.17) is 5.11 Å². The standard InChI is InChI=1S/C16H20N2O2/c1-11(2)5-4-10-17-15-9-8-12-13(16(19)20)6-3-7-14(12)18-15/h3,6-9,11H,4-5,10H2,1-2H3,(H,17,18)(H,19,20). The van der Waals surface area contributed by atoms with Crippen LogP contribution in [0.2, 0.25) is 0 Å². The molecule has 0 aliphatic carbocycles. The van der Waals surface area contributed by atoms with Crippen molar-refractivity contribution < 1.29 is 9.90 Å². The summed E-state index contributed by atoms with van der Waals surface area (Å²) in [5.74, 6) is 0.582. The molecule has 0 bridgehead atoms. The van der Waals surface area contributed by atoms with Crippen LogP contribution in [0, 0.1) is 5.92 Å². The van der Waals surface area contributed by atoms with E-state index in [9.17, 15) is 4.79 Å². The van der Waals surface area contributed by atoms with E-state index in [1.165, 1.54) is 6.42 Å². The Hall–Kier alpha value is -2.10. The molecule has 1 heterocycles. The number of pyridine rings is 1. The molecule has 2 rings (SSSR count). The lowest BCUT2D eigenvalue weighted by Gasteiger charge is -2.08. The molecular formula is C16H20N2O2. The molecule has 20 heavy (non-hydrogen) atoms. The first-order valence-corrected chi connectivity index (χ1v) is 6.95. The lowest BCUT2D eigenvalue weighted by molar-refractivity contribution is 0.0699. The first kappa shape index (κ1) is 14.3. The van der Waals surface area contributed by atoms with Crippen LogP contribution < -0.4 is 5.32 Å². The van der Waals surface area contributed by atoms with Crippen LogP contribution in [-0.2, 0) is 0 Å². The number of nitrogens with zero attached hydrogens (tertiary/aromatic N) is 1. The van der Waals surface area contributed by atoms with Crippen LogP contribution >= 0.6 is 0 Å². The van der Waals surface area contributed by atoms with Gasteiger partial charge < -0.3 is 10.4 Å². The van der Waals surface area contributed by atoms with E-state index in [0.29, 0.717) is 22.4 Å². The molecule has 1 aromatic heterocycles. The average Bonchev–Trinajstić information content (AvgIpc) is 2.42. The molecule has 0 saturated heterocycles. The van der Waals surface area contributed by atoms with Crippen LogP contribution in [0.25, 0.3) is 10.9 Å². The molecule has 4 heteroatoms. The van der Waals surface area contributed by atoms with E-state index >= 15 is 0 Å². The fourth-order valence-electron chi connectivity index (χ4n) is 2.17. The molecule has 0 radical (unpaired) electrons. The molecule has 4 nitrogen and oxygen atoms in total. The molecule has 0 unspecified atom stereocenters. The summed E-state index contributed by atoms with van der Waals surface area (Å²) in [5.41, 5.74) is 1.00. The maximum Gasteiger partial charge on any atom is 0.336 e. The maximum absolute atomic E-state index is 11.1. The van der Waals surface area contributed by atoms with Gasteiger partial charge in [-0.25, -0.2) is 9.78 Å². The van der Waals surface area contributed by atoms with Gasteiger partial charge in [-0.3, -0.25) is 0 Å². The highest BCUT2D eigenvalue weighted by atomic mass is 16.4. The molecule has 0 saturated carbocycles. The predicted molar refractivity (Wildman–Crippen MR) is 81.3 cm³/mol. The number of carbonyl (C=O) groups is 1. The van der Waals surface area contributed by atoms with E-state index in [1.807, 2.05) is 18.2 Å². The van der Waals surface area contributed by atoms with E-state index in [2.05, 4.69) is 24.1 Å². The fourth-order valence-corrected chi connectivity index (χ4v) is 2.17. The monoisotopic (exact) mass is 272 g/mol. The predicted octanol–water partition coefficient (Wildman–Crippen LogP) is 3.78. The van der Waals surface area contributed by atoms with Gasteiger partial charge in [-0.1, -0.05) is 19.9 Å². The van der Waals surface area contributed by atoms with Crippen molar-refractivity contribution in [1.29, 1.82) is 0 Å². The zero-order valence-corrected chi connectivity index (χ0v) is 11.9. The Morgan fingerprint density at radius 1 is 1.30 bits per heavy atom. The van der Waals surface area contributed by atoms with Crippen LogP contribution in [0.5, 0.6) is 0 Å². The molecule has 0 aliphatic rings. The Bertz CT molecular complexity index is 608. The smallest absolute Gasteiger partial charge is 0.336 e. The van der Waals surface area contributed by atoms with E-state index in [1.54, 1.807) is 12.1 Å². The minimum atomic E-state index is -0.921. The van der Waals surface area contributed by atoms with Gasteiger partial charge in [-0.2, -0.15) is 0 Å². The highest BCUT2D eigenvalue weighted by Gasteiger charge is 2.08. The van der Waals surface area contributed by atoms with Gasteiger partial charge in [0.1, 0.15) is 5.82 Å². The number of rotatable bonds is 6. The van der Waals surface area contributed by atoms with Crippen LogP contribution in [-0.4, -0.2) is 22.6 Å². The number of nitrogens with one attached hydrogen (secondary N) is 1. The lowest BCUT2D eigenvalue weighted by atomic mass is 10.1. The van der Waals surface area contributed by atoms with Crippen LogP contribution in [0.4, 0.5) is 5.82 Å². The molecule has 1 aromatic carbocycles. The largest absolute Gasteiger partial charge is 0.478 e. The fraction of sp³-hybridized carbons (Fsp3) is 0.375. The number of aromatic nitrogens is 1. The number of hydrogen-bond acceptors (Lipinski definition) is 3. The van der Waals surface area contributed by atoms with Crippen molar-refractivity contribution >= 4 is 22.7 Å². The zero-order valence-electron chi connectivity index (χ0n) is 11.9. The van der Waals surface area contributed by atoms with Crippen molar-refractivity contribution in [3.05, 3.63) is 35.9 Å². The van der Waals surface area contributed by atoms with Crippen molar-refractivity contribution in [1.82, 2.24) is 4.98 Å². The van der Waals surface area contributed by atoms with Gasteiger partial charge in [-0.15, -0.1) is 0 Å². The molecular weight excluding hydrogens is 252 g/mol. The SMILES string of the molecule is CC(C)CCCNc1ccc2c(C(=O)O)cccc2n1. The Balaban J connectivity index is 2.12. The number of fused-ring (bicyclic) bond motifs is 1. The molecule has 0 aliphatic heterocycles. The summed E-state index contributed by atoms with van der Waals surface area (Å²) in [7, 11) is 0. The second kappa shape index (κ2) is 6.37. The summed E-state index contributed by atoms with van der Waals surface area (Å²) in [6.45, 7) is 5.30. The first-order valence-electron chi connectivity index (χ1n) is 6.95. The van der Waals surface area contributed by atoms with Crippen molar-refractivity contribution in [2.75, 3.05) is 11.9 Å². The highest BCUT2D eigenvalue weighted by Crippen LogP contribution is 2.19. The van der Waals surface area contributed by atoms with Gasteiger partial charge in [0.25, 0.3) is 0 Å². The number of hydrogen-bond donors (Lipinski definition) is 2. The number of carboxylic acid groups (broad SMARTS) is 1. The average molecular weight is 272 g/mol. The summed E-state index contributed by atoms with van der Waals surface area (Å²) in [4.78, 5) is 15.6. The molecule has 0 atom stereocenters. The normalized spacial score (nSPS) is 10.9. The number of benzene rings is 1. The second-order valence-corrected chi connectivity index (χ2v) is 5.34. The van der Waals surface area contributed by atoms with Gasteiger partial charge in [0, 0.05) is 11.9 Å². The van der Waals surface area contributed by atoms with Crippen molar-refractivity contribution in [2.45, 2.75) is 26.7 Å². The van der Waals surface area contributed by atoms with Gasteiger partial charge in [0.15, 0.2) is 0 Å². The number of aromatic carboxylic acids is 1. The summed E-state index contributed by atoms with van der Waals surface area (Å²) in [6, 6.07) is 8.81. The molecule has 0 spiro atoms. The van der Waals surface area contributed by atoms with Gasteiger partial charge in [0.2, 0.25) is 0 Å². The third kappa shape index (κ3) is 3.47. The lowest BCUT2D eigenvalue weighted by Crippen LogP contribution is -2.05. The maximum atomic E-state index is 11.1. The second-order valence-electron chi connectivity index (χ2n) is 5.34. The number of carboxylic acids is 1. The minimum absolute atomic E-state index is 0.293. The topological polar surface area (TPSA) is 62.2 Å². The molecule has 2 aromatic rings. The first-order chi connectivity index (χ1) is 9.58. The quantitative estimate of drug-likeness (QED) is 0.785. The summed E-state index contributed by atoms with van der Waals surface area (Å²) in [6.07, 6.45) is 2.29. The van der Waals surface area contributed by atoms with Crippen molar-refractivity contribution in [3.8, 4) is 0 Å². The van der Waals surface area contributed by atoms with Crippen LogP contribution in [0.1, 0.15) is 37.0 Å². The molecule has 0 fully saturated rings. The van der Waals surface area contributed by atoms with Crippen molar-refractivity contribution in [3.63, 3.8) is 0 Å². The Labute approximate surface area is 118 Å². The minimum Gasteiger partial charge on any atom is -0.478 e.